The van der Waals surface area contributed by atoms with Gasteiger partial charge in [0.2, 0.25) is 0 Å². The lowest BCUT2D eigenvalue weighted by Gasteiger charge is -2.52. The highest BCUT2D eigenvalue weighted by Gasteiger charge is 2.48. The summed E-state index contributed by atoms with van der Waals surface area (Å²) >= 11 is 0. The van der Waals surface area contributed by atoms with Crippen LogP contribution in [0, 0.1) is 11.3 Å². The summed E-state index contributed by atoms with van der Waals surface area (Å²) in [5, 5.41) is 10.1. The van der Waals surface area contributed by atoms with E-state index in [4.69, 9.17) is 4.52 Å². The molecule has 1 aromatic rings. The van der Waals surface area contributed by atoms with E-state index in [1.54, 1.807) is 0 Å². The average Bonchev–Trinajstić information content (AvgIpc) is 2.86. The van der Waals surface area contributed by atoms with E-state index in [9.17, 15) is 4.79 Å². The maximum atomic E-state index is 11.7. The van der Waals surface area contributed by atoms with Crippen LogP contribution in [0.3, 0.4) is 0 Å². The fourth-order valence-electron chi connectivity index (χ4n) is 2.99. The molecule has 2 N–H and O–H groups in total. The maximum absolute atomic E-state index is 11.7. The summed E-state index contributed by atoms with van der Waals surface area (Å²) in [7, 11) is 0. The minimum atomic E-state index is -0.0736. The molecule has 5 nitrogen and oxygen atoms in total. The van der Waals surface area contributed by atoms with E-state index in [1.807, 2.05) is 6.92 Å². The lowest BCUT2D eigenvalue weighted by molar-refractivity contribution is 0.0201. The van der Waals surface area contributed by atoms with Gasteiger partial charge in [-0.3, -0.25) is 0 Å². The second-order valence-electron chi connectivity index (χ2n) is 7.95. The molecule has 22 heavy (non-hydrogen) atoms. The third-order valence-corrected chi connectivity index (χ3v) is 4.87. The molecule has 124 valence electrons. The molecule has 2 atom stereocenters. The van der Waals surface area contributed by atoms with E-state index in [0.717, 1.165) is 24.3 Å². The standard InChI is InChI=1S/C17H29N3O2/c1-7-18-15(21)19-13-9-11(17(13,5)6)8-12-10-14(22-20-12)16(2,3)4/h10-11,13H,7-9H2,1-6H3,(H2,18,19,21)/t11-,13+/m1/s1. The Kier molecular flexibility index (Phi) is 4.54. The molecule has 0 aliphatic heterocycles. The normalized spacial score (nSPS) is 23.7. The molecule has 1 aliphatic carbocycles. The molecule has 0 saturated heterocycles. The third-order valence-electron chi connectivity index (χ3n) is 4.87. The number of hydrogen-bond donors (Lipinski definition) is 2. The van der Waals surface area contributed by atoms with Crippen molar-refractivity contribution < 1.29 is 9.32 Å². The van der Waals surface area contributed by atoms with Crippen LogP contribution in [0.5, 0.6) is 0 Å². The van der Waals surface area contributed by atoms with Gasteiger partial charge in [0.05, 0.1) is 5.69 Å². The number of hydrogen-bond acceptors (Lipinski definition) is 3. The Morgan fingerprint density at radius 2 is 2.14 bits per heavy atom. The summed E-state index contributed by atoms with van der Waals surface area (Å²) in [6.07, 6.45) is 1.89. The lowest BCUT2D eigenvalue weighted by atomic mass is 9.57. The van der Waals surface area contributed by atoms with Crippen molar-refractivity contribution in [3.8, 4) is 0 Å². The topological polar surface area (TPSA) is 67.2 Å². The van der Waals surface area contributed by atoms with Crippen molar-refractivity contribution in [1.29, 1.82) is 0 Å². The highest BCUT2D eigenvalue weighted by molar-refractivity contribution is 5.74. The molecule has 0 unspecified atom stereocenters. The molecule has 0 bridgehead atoms. The van der Waals surface area contributed by atoms with E-state index in [-0.39, 0.29) is 22.9 Å². The van der Waals surface area contributed by atoms with E-state index < -0.39 is 0 Å². The summed E-state index contributed by atoms with van der Waals surface area (Å²) < 4.78 is 5.46. The van der Waals surface area contributed by atoms with Gasteiger partial charge >= 0.3 is 6.03 Å². The Hall–Kier alpha value is -1.52. The molecule has 5 heteroatoms. The predicted molar refractivity (Wildman–Crippen MR) is 86.8 cm³/mol. The number of nitrogens with zero attached hydrogens (tertiary/aromatic N) is 1. The molecule has 2 rings (SSSR count). The quantitative estimate of drug-likeness (QED) is 0.897. The highest BCUT2D eigenvalue weighted by Crippen LogP contribution is 2.47. The first-order valence-electron chi connectivity index (χ1n) is 8.15. The minimum absolute atomic E-state index is 0.0112. The van der Waals surface area contributed by atoms with Gasteiger partial charge in [0.1, 0.15) is 5.76 Å². The van der Waals surface area contributed by atoms with Crippen LogP contribution in [-0.2, 0) is 11.8 Å². The van der Waals surface area contributed by atoms with Crippen LogP contribution in [0.2, 0.25) is 0 Å². The van der Waals surface area contributed by atoms with Gasteiger partial charge in [-0.05, 0) is 31.1 Å². The second-order valence-corrected chi connectivity index (χ2v) is 7.95. The Balaban J connectivity index is 1.93. The van der Waals surface area contributed by atoms with Crippen LogP contribution in [0.25, 0.3) is 0 Å². The first-order valence-corrected chi connectivity index (χ1v) is 8.15. The first kappa shape index (κ1) is 16.8. The van der Waals surface area contributed by atoms with Crippen LogP contribution >= 0.6 is 0 Å². The van der Waals surface area contributed by atoms with Crippen LogP contribution in [0.1, 0.15) is 59.4 Å². The zero-order chi connectivity index (χ0) is 16.5. The third kappa shape index (κ3) is 3.45. The van der Waals surface area contributed by atoms with E-state index >= 15 is 0 Å². The maximum Gasteiger partial charge on any atom is 0.315 e. The van der Waals surface area contributed by atoms with Crippen molar-refractivity contribution in [2.45, 2.75) is 65.8 Å². The number of nitrogens with one attached hydrogen (secondary N) is 2. The van der Waals surface area contributed by atoms with Gasteiger partial charge < -0.3 is 15.2 Å². The van der Waals surface area contributed by atoms with Gasteiger partial charge in [0.15, 0.2) is 0 Å². The number of rotatable bonds is 4. The average molecular weight is 307 g/mol. The molecule has 1 saturated carbocycles. The number of urea groups is 1. The van der Waals surface area contributed by atoms with Gasteiger partial charge in [0, 0.05) is 24.1 Å². The minimum Gasteiger partial charge on any atom is -0.361 e. The Bertz CT molecular complexity index is 528. The fraction of sp³-hybridized carbons (Fsp3) is 0.765. The zero-order valence-electron chi connectivity index (χ0n) is 14.6. The Morgan fingerprint density at radius 1 is 1.45 bits per heavy atom. The Morgan fingerprint density at radius 3 is 2.64 bits per heavy atom. The van der Waals surface area contributed by atoms with Gasteiger partial charge in [-0.25, -0.2) is 4.79 Å². The molecular formula is C17H29N3O2. The van der Waals surface area contributed by atoms with Crippen molar-refractivity contribution >= 4 is 6.03 Å². The summed E-state index contributed by atoms with van der Waals surface area (Å²) in [5.41, 5.74) is 1.08. The zero-order valence-corrected chi connectivity index (χ0v) is 14.6. The molecule has 0 aromatic carbocycles. The van der Waals surface area contributed by atoms with Crippen LogP contribution in [0.15, 0.2) is 10.6 Å². The smallest absolute Gasteiger partial charge is 0.315 e. The van der Waals surface area contributed by atoms with Gasteiger partial charge in [0.25, 0.3) is 0 Å². The van der Waals surface area contributed by atoms with Crippen molar-refractivity contribution in [2.24, 2.45) is 11.3 Å². The molecule has 1 heterocycles. The van der Waals surface area contributed by atoms with E-state index in [0.29, 0.717) is 12.5 Å². The summed E-state index contributed by atoms with van der Waals surface area (Å²) in [6, 6.07) is 2.22. The molecule has 1 aliphatic rings. The van der Waals surface area contributed by atoms with Crippen LogP contribution in [-0.4, -0.2) is 23.8 Å². The van der Waals surface area contributed by atoms with Crippen LogP contribution < -0.4 is 10.6 Å². The molecule has 2 amide bonds. The largest absolute Gasteiger partial charge is 0.361 e. The van der Waals surface area contributed by atoms with E-state index in [1.165, 1.54) is 0 Å². The SMILES string of the molecule is CCNC(=O)N[C@H]1C[C@@H](Cc2cc(C(C)(C)C)on2)C1(C)C. The van der Waals surface area contributed by atoms with Crippen molar-refractivity contribution in [1.82, 2.24) is 15.8 Å². The number of amides is 2. The monoisotopic (exact) mass is 307 g/mol. The van der Waals surface area contributed by atoms with Gasteiger partial charge in [-0.2, -0.15) is 0 Å². The number of carbonyl (C=O) groups excluding carboxylic acids is 1. The second kappa shape index (κ2) is 5.94. The van der Waals surface area contributed by atoms with Crippen molar-refractivity contribution in [3.63, 3.8) is 0 Å². The summed E-state index contributed by atoms with van der Waals surface area (Å²) in [6.45, 7) is 13.4. The molecule has 0 radical (unpaired) electrons. The van der Waals surface area contributed by atoms with Gasteiger partial charge in [-0.15, -0.1) is 0 Å². The predicted octanol–water partition coefficient (Wildman–Crippen LogP) is 3.25. The van der Waals surface area contributed by atoms with E-state index in [2.05, 4.69) is 56.5 Å². The summed E-state index contributed by atoms with van der Waals surface area (Å²) in [4.78, 5) is 11.7. The van der Waals surface area contributed by atoms with Gasteiger partial charge in [-0.1, -0.05) is 39.8 Å². The lowest BCUT2D eigenvalue weighted by Crippen LogP contribution is -2.60. The Labute approximate surface area is 133 Å². The van der Waals surface area contributed by atoms with Crippen molar-refractivity contribution in [2.75, 3.05) is 6.54 Å². The molecule has 0 spiro atoms. The fourth-order valence-corrected chi connectivity index (χ4v) is 2.99. The van der Waals surface area contributed by atoms with Crippen molar-refractivity contribution in [3.05, 3.63) is 17.5 Å². The summed E-state index contributed by atoms with van der Waals surface area (Å²) in [5.74, 6) is 1.44. The van der Waals surface area contributed by atoms with Crippen LogP contribution in [0.4, 0.5) is 4.79 Å². The molecule has 1 fully saturated rings. The molecular weight excluding hydrogens is 278 g/mol. The molecule has 1 aromatic heterocycles. The number of carbonyl (C=O) groups is 1. The first-order chi connectivity index (χ1) is 10.1. The highest BCUT2D eigenvalue weighted by atomic mass is 16.5. The number of aromatic nitrogens is 1.